The maximum Gasteiger partial charge on any atom is 0.337 e. The zero-order valence-corrected chi connectivity index (χ0v) is 12.2. The molecule has 0 bridgehead atoms. The quantitative estimate of drug-likeness (QED) is 0.899. The second kappa shape index (κ2) is 5.88. The number of hydrogen-bond donors (Lipinski definition) is 2. The van der Waals surface area contributed by atoms with Gasteiger partial charge in [-0.3, -0.25) is 4.79 Å². The molecule has 7 heteroatoms. The average molecular weight is 315 g/mol. The molecule has 1 heterocycles. The summed E-state index contributed by atoms with van der Waals surface area (Å²) in [7, 11) is 1.45. The van der Waals surface area contributed by atoms with Crippen molar-refractivity contribution in [1.82, 2.24) is 0 Å². The molecule has 2 aromatic rings. The number of carboxylic acids is 1. The van der Waals surface area contributed by atoms with Gasteiger partial charge in [0.25, 0.3) is 5.91 Å². The van der Waals surface area contributed by atoms with Gasteiger partial charge in [0.1, 0.15) is 5.75 Å². The standard InChI is InChI=1S/C16H13NO6/c1-21-12-5-3-2-4-9(12)15(18)17-11-7-14-13(22-8-23-14)6-10(11)16(19)20/h2-7H,8H2,1H3,(H,17,18)(H,19,20). The number of carbonyl (C=O) groups excluding carboxylic acids is 1. The fourth-order valence-corrected chi connectivity index (χ4v) is 2.24. The fourth-order valence-electron chi connectivity index (χ4n) is 2.24. The molecule has 2 aromatic carbocycles. The number of aromatic carboxylic acids is 1. The van der Waals surface area contributed by atoms with Gasteiger partial charge in [-0.1, -0.05) is 12.1 Å². The number of benzene rings is 2. The normalized spacial score (nSPS) is 11.9. The third kappa shape index (κ3) is 2.76. The van der Waals surface area contributed by atoms with Crippen molar-refractivity contribution < 1.29 is 28.9 Å². The van der Waals surface area contributed by atoms with Crippen LogP contribution >= 0.6 is 0 Å². The Morgan fingerprint density at radius 2 is 1.83 bits per heavy atom. The summed E-state index contributed by atoms with van der Waals surface area (Å²) in [4.78, 5) is 23.8. The molecule has 0 radical (unpaired) electrons. The zero-order chi connectivity index (χ0) is 16.4. The number of carbonyl (C=O) groups is 2. The van der Waals surface area contributed by atoms with E-state index in [0.717, 1.165) is 0 Å². The first kappa shape index (κ1) is 14.7. The van der Waals surface area contributed by atoms with Crippen molar-refractivity contribution in [2.75, 3.05) is 19.2 Å². The van der Waals surface area contributed by atoms with Crippen LogP contribution in [0.2, 0.25) is 0 Å². The second-order valence-electron chi connectivity index (χ2n) is 4.71. The molecule has 0 saturated carbocycles. The highest BCUT2D eigenvalue weighted by Crippen LogP contribution is 2.37. The molecule has 118 valence electrons. The molecule has 0 saturated heterocycles. The zero-order valence-electron chi connectivity index (χ0n) is 12.2. The Balaban J connectivity index is 1.96. The average Bonchev–Trinajstić information content (AvgIpc) is 3.01. The van der Waals surface area contributed by atoms with E-state index < -0.39 is 11.9 Å². The van der Waals surface area contributed by atoms with Crippen molar-refractivity contribution in [3.05, 3.63) is 47.5 Å². The van der Waals surface area contributed by atoms with E-state index in [1.165, 1.54) is 19.2 Å². The Labute approximate surface area is 131 Å². The lowest BCUT2D eigenvalue weighted by atomic mass is 10.1. The fraction of sp³-hybridized carbons (Fsp3) is 0.125. The van der Waals surface area contributed by atoms with Crippen LogP contribution in [0, 0.1) is 0 Å². The minimum Gasteiger partial charge on any atom is -0.496 e. The van der Waals surface area contributed by atoms with Crippen LogP contribution in [-0.4, -0.2) is 30.9 Å². The Hall–Kier alpha value is -3.22. The van der Waals surface area contributed by atoms with Crippen LogP contribution in [0.15, 0.2) is 36.4 Å². The van der Waals surface area contributed by atoms with E-state index in [9.17, 15) is 14.7 Å². The molecular weight excluding hydrogens is 302 g/mol. The lowest BCUT2D eigenvalue weighted by Crippen LogP contribution is -2.15. The maximum atomic E-state index is 12.4. The molecule has 2 N–H and O–H groups in total. The Bertz CT molecular complexity index is 786. The van der Waals surface area contributed by atoms with Gasteiger partial charge in [-0.25, -0.2) is 4.79 Å². The number of fused-ring (bicyclic) bond motifs is 1. The second-order valence-corrected chi connectivity index (χ2v) is 4.71. The molecule has 0 aromatic heterocycles. The van der Waals surface area contributed by atoms with Crippen LogP contribution in [0.5, 0.6) is 17.2 Å². The summed E-state index contributed by atoms with van der Waals surface area (Å²) in [5, 5.41) is 11.9. The topological polar surface area (TPSA) is 94.1 Å². The van der Waals surface area contributed by atoms with E-state index in [1.807, 2.05) is 0 Å². The molecule has 0 unspecified atom stereocenters. The lowest BCUT2D eigenvalue weighted by Gasteiger charge is -2.11. The molecule has 3 rings (SSSR count). The van der Waals surface area contributed by atoms with Gasteiger partial charge in [-0.15, -0.1) is 0 Å². The van der Waals surface area contributed by atoms with Gasteiger partial charge < -0.3 is 24.6 Å². The number of methoxy groups -OCH3 is 1. The molecule has 0 fully saturated rings. The van der Waals surface area contributed by atoms with Gasteiger partial charge in [0.05, 0.1) is 23.9 Å². The molecule has 1 aliphatic heterocycles. The van der Waals surface area contributed by atoms with Crippen molar-refractivity contribution >= 4 is 17.6 Å². The maximum absolute atomic E-state index is 12.4. The summed E-state index contributed by atoms with van der Waals surface area (Å²) in [6, 6.07) is 9.41. The Morgan fingerprint density at radius 1 is 1.13 bits per heavy atom. The number of rotatable bonds is 4. The first-order valence-corrected chi connectivity index (χ1v) is 6.71. The molecule has 0 aliphatic carbocycles. The number of nitrogens with one attached hydrogen (secondary N) is 1. The predicted octanol–water partition coefficient (Wildman–Crippen LogP) is 2.37. The molecule has 0 atom stereocenters. The van der Waals surface area contributed by atoms with Crippen molar-refractivity contribution in [1.29, 1.82) is 0 Å². The summed E-state index contributed by atoms with van der Waals surface area (Å²) >= 11 is 0. The van der Waals surface area contributed by atoms with Gasteiger partial charge in [0.15, 0.2) is 11.5 Å². The molecular formula is C16H13NO6. The van der Waals surface area contributed by atoms with E-state index in [1.54, 1.807) is 24.3 Å². The summed E-state index contributed by atoms with van der Waals surface area (Å²) in [6.07, 6.45) is 0. The third-order valence-electron chi connectivity index (χ3n) is 3.34. The summed E-state index contributed by atoms with van der Waals surface area (Å²) < 4.78 is 15.5. The Kier molecular flexibility index (Phi) is 3.76. The molecule has 1 amide bonds. The predicted molar refractivity (Wildman–Crippen MR) is 80.5 cm³/mol. The van der Waals surface area contributed by atoms with Crippen LogP contribution in [-0.2, 0) is 0 Å². The van der Waals surface area contributed by atoms with Crippen LogP contribution in [0.3, 0.4) is 0 Å². The third-order valence-corrected chi connectivity index (χ3v) is 3.34. The van der Waals surface area contributed by atoms with Gasteiger partial charge >= 0.3 is 5.97 Å². The van der Waals surface area contributed by atoms with Crippen molar-refractivity contribution in [2.24, 2.45) is 0 Å². The van der Waals surface area contributed by atoms with Gasteiger partial charge in [-0.05, 0) is 12.1 Å². The number of para-hydroxylation sites is 1. The summed E-state index contributed by atoms with van der Waals surface area (Å²) in [5.41, 5.74) is 0.333. The highest BCUT2D eigenvalue weighted by molar-refractivity contribution is 6.09. The van der Waals surface area contributed by atoms with E-state index >= 15 is 0 Å². The van der Waals surface area contributed by atoms with Crippen molar-refractivity contribution in [3.63, 3.8) is 0 Å². The largest absolute Gasteiger partial charge is 0.496 e. The molecule has 0 spiro atoms. The highest BCUT2D eigenvalue weighted by Gasteiger charge is 2.22. The number of hydrogen-bond acceptors (Lipinski definition) is 5. The number of amides is 1. The highest BCUT2D eigenvalue weighted by atomic mass is 16.7. The van der Waals surface area contributed by atoms with Gasteiger partial charge in [0, 0.05) is 12.1 Å². The number of carboxylic acid groups (broad SMARTS) is 1. The van der Waals surface area contributed by atoms with Gasteiger partial charge in [-0.2, -0.15) is 0 Å². The first-order valence-electron chi connectivity index (χ1n) is 6.71. The number of anilines is 1. The van der Waals surface area contributed by atoms with Crippen molar-refractivity contribution in [2.45, 2.75) is 0 Å². The van der Waals surface area contributed by atoms with Crippen LogP contribution in [0.1, 0.15) is 20.7 Å². The summed E-state index contributed by atoms with van der Waals surface area (Å²) in [5.74, 6) is -0.562. The summed E-state index contributed by atoms with van der Waals surface area (Å²) in [6.45, 7) is 0.0122. The van der Waals surface area contributed by atoms with Gasteiger partial charge in [0.2, 0.25) is 6.79 Å². The lowest BCUT2D eigenvalue weighted by molar-refractivity contribution is 0.0697. The molecule has 7 nitrogen and oxygen atoms in total. The molecule has 1 aliphatic rings. The van der Waals surface area contributed by atoms with E-state index in [2.05, 4.69) is 5.32 Å². The van der Waals surface area contributed by atoms with E-state index in [0.29, 0.717) is 22.8 Å². The Morgan fingerprint density at radius 3 is 2.52 bits per heavy atom. The molecule has 23 heavy (non-hydrogen) atoms. The van der Waals surface area contributed by atoms with E-state index in [4.69, 9.17) is 14.2 Å². The smallest absolute Gasteiger partial charge is 0.337 e. The minimum atomic E-state index is -1.18. The minimum absolute atomic E-state index is 0.0122. The van der Waals surface area contributed by atoms with E-state index in [-0.39, 0.29) is 18.0 Å². The SMILES string of the molecule is COc1ccccc1C(=O)Nc1cc2c(cc1C(=O)O)OCO2. The monoisotopic (exact) mass is 315 g/mol. The number of ether oxygens (including phenoxy) is 3. The van der Waals surface area contributed by atoms with Crippen LogP contribution < -0.4 is 19.5 Å². The van der Waals surface area contributed by atoms with Crippen LogP contribution in [0.25, 0.3) is 0 Å². The first-order chi connectivity index (χ1) is 11.1. The van der Waals surface area contributed by atoms with Crippen LogP contribution in [0.4, 0.5) is 5.69 Å². The van der Waals surface area contributed by atoms with Crippen molar-refractivity contribution in [3.8, 4) is 17.2 Å².